The summed E-state index contributed by atoms with van der Waals surface area (Å²) in [6, 6.07) is 18.3. The van der Waals surface area contributed by atoms with Crippen molar-refractivity contribution in [3.05, 3.63) is 93.3 Å². The number of halogens is 2. The quantitative estimate of drug-likeness (QED) is 0.390. The SMILES string of the molecule is O=C(COc1ccc2c(=O)c(Oc3ccccc3Cl)coc2c1)Nc1cccc(Cl)c1. The Morgan fingerprint density at radius 1 is 0.968 bits per heavy atom. The molecule has 156 valence electrons. The molecule has 0 radical (unpaired) electrons. The number of amides is 1. The topological polar surface area (TPSA) is 77.8 Å². The molecule has 31 heavy (non-hydrogen) atoms. The lowest BCUT2D eigenvalue weighted by atomic mass is 10.2. The molecule has 0 unspecified atom stereocenters. The lowest BCUT2D eigenvalue weighted by molar-refractivity contribution is -0.118. The molecule has 0 aliphatic carbocycles. The molecule has 0 saturated heterocycles. The van der Waals surface area contributed by atoms with E-state index in [1.54, 1.807) is 60.7 Å². The Morgan fingerprint density at radius 3 is 2.61 bits per heavy atom. The molecule has 0 aliphatic heterocycles. The van der Waals surface area contributed by atoms with Crippen LogP contribution in [0.1, 0.15) is 0 Å². The molecule has 1 N–H and O–H groups in total. The van der Waals surface area contributed by atoms with E-state index in [9.17, 15) is 9.59 Å². The van der Waals surface area contributed by atoms with Gasteiger partial charge in [-0.05, 0) is 42.5 Å². The second kappa shape index (κ2) is 9.12. The third-order valence-corrected chi connectivity index (χ3v) is 4.80. The maximum absolute atomic E-state index is 12.7. The molecule has 0 fully saturated rings. The van der Waals surface area contributed by atoms with Crippen molar-refractivity contribution < 1.29 is 18.7 Å². The number of benzene rings is 3. The summed E-state index contributed by atoms with van der Waals surface area (Å²) < 4.78 is 16.6. The van der Waals surface area contributed by atoms with Gasteiger partial charge >= 0.3 is 0 Å². The third kappa shape index (κ3) is 4.99. The molecule has 4 aromatic rings. The van der Waals surface area contributed by atoms with Gasteiger partial charge in [0.15, 0.2) is 6.61 Å². The van der Waals surface area contributed by atoms with Crippen molar-refractivity contribution in [3.8, 4) is 17.2 Å². The van der Waals surface area contributed by atoms with E-state index < -0.39 is 0 Å². The van der Waals surface area contributed by atoms with Gasteiger partial charge in [0.25, 0.3) is 5.91 Å². The normalized spacial score (nSPS) is 10.6. The Hall–Kier alpha value is -3.48. The van der Waals surface area contributed by atoms with Crippen LogP contribution in [0.3, 0.4) is 0 Å². The molecule has 0 bridgehead atoms. The van der Waals surface area contributed by atoms with Gasteiger partial charge < -0.3 is 19.2 Å². The highest BCUT2D eigenvalue weighted by atomic mass is 35.5. The number of ether oxygens (including phenoxy) is 2. The number of nitrogens with one attached hydrogen (secondary N) is 1. The highest BCUT2D eigenvalue weighted by Gasteiger charge is 2.12. The minimum Gasteiger partial charge on any atom is -0.484 e. The van der Waals surface area contributed by atoms with Crippen molar-refractivity contribution in [2.24, 2.45) is 0 Å². The number of para-hydroxylation sites is 1. The minimum absolute atomic E-state index is 0.00941. The Kier molecular flexibility index (Phi) is 6.11. The first kappa shape index (κ1) is 20.8. The number of rotatable bonds is 6. The van der Waals surface area contributed by atoms with E-state index in [2.05, 4.69) is 5.32 Å². The molecule has 3 aromatic carbocycles. The van der Waals surface area contributed by atoms with Crippen molar-refractivity contribution in [1.82, 2.24) is 0 Å². The Labute approximate surface area is 186 Å². The number of hydrogen-bond donors (Lipinski definition) is 1. The second-order valence-electron chi connectivity index (χ2n) is 6.47. The molecular formula is C23H15Cl2NO5. The second-order valence-corrected chi connectivity index (χ2v) is 7.31. The molecule has 6 nitrogen and oxygen atoms in total. The lowest BCUT2D eigenvalue weighted by Crippen LogP contribution is -2.20. The number of anilines is 1. The molecule has 1 aromatic heterocycles. The summed E-state index contributed by atoms with van der Waals surface area (Å²) in [5, 5.41) is 3.88. The molecule has 0 saturated carbocycles. The summed E-state index contributed by atoms with van der Waals surface area (Å²) in [5.74, 6) is 0.376. The average Bonchev–Trinajstić information content (AvgIpc) is 2.76. The zero-order valence-corrected chi connectivity index (χ0v) is 17.4. The fraction of sp³-hybridized carbons (Fsp3) is 0.0435. The van der Waals surface area contributed by atoms with Crippen LogP contribution in [-0.4, -0.2) is 12.5 Å². The third-order valence-electron chi connectivity index (χ3n) is 4.25. The van der Waals surface area contributed by atoms with Crippen LogP contribution in [0.2, 0.25) is 10.0 Å². The fourth-order valence-electron chi connectivity index (χ4n) is 2.81. The van der Waals surface area contributed by atoms with E-state index >= 15 is 0 Å². The molecule has 1 amide bonds. The molecule has 0 aliphatic rings. The van der Waals surface area contributed by atoms with Gasteiger partial charge in [0.2, 0.25) is 11.2 Å². The molecular weight excluding hydrogens is 441 g/mol. The molecule has 0 atom stereocenters. The standard InChI is InChI=1S/C23H15Cl2NO5/c24-14-4-3-5-15(10-14)26-22(27)13-29-16-8-9-17-20(11-16)30-12-21(23(17)28)31-19-7-2-1-6-18(19)25/h1-12H,13H2,(H,26,27). The smallest absolute Gasteiger partial charge is 0.262 e. The summed E-state index contributed by atoms with van der Waals surface area (Å²) in [7, 11) is 0. The largest absolute Gasteiger partial charge is 0.484 e. The van der Waals surface area contributed by atoms with Crippen molar-refractivity contribution in [3.63, 3.8) is 0 Å². The lowest BCUT2D eigenvalue weighted by Gasteiger charge is -2.09. The van der Waals surface area contributed by atoms with Crippen LogP contribution in [0.4, 0.5) is 5.69 Å². The van der Waals surface area contributed by atoms with Crippen LogP contribution in [0.5, 0.6) is 17.2 Å². The van der Waals surface area contributed by atoms with Crippen molar-refractivity contribution in [2.45, 2.75) is 0 Å². The van der Waals surface area contributed by atoms with E-state index in [4.69, 9.17) is 37.1 Å². The number of fused-ring (bicyclic) bond motifs is 1. The van der Waals surface area contributed by atoms with E-state index in [0.29, 0.717) is 38.2 Å². The van der Waals surface area contributed by atoms with Crippen LogP contribution in [0, 0.1) is 0 Å². The van der Waals surface area contributed by atoms with E-state index in [1.807, 2.05) is 0 Å². The first-order valence-electron chi connectivity index (χ1n) is 9.16. The van der Waals surface area contributed by atoms with Crippen LogP contribution in [0.15, 0.2) is 82.2 Å². The predicted molar refractivity (Wildman–Crippen MR) is 120 cm³/mol. The zero-order chi connectivity index (χ0) is 21.8. The average molecular weight is 456 g/mol. The summed E-state index contributed by atoms with van der Waals surface area (Å²) in [6.07, 6.45) is 1.21. The van der Waals surface area contributed by atoms with E-state index in [0.717, 1.165) is 0 Å². The highest BCUT2D eigenvalue weighted by Crippen LogP contribution is 2.29. The van der Waals surface area contributed by atoms with Gasteiger partial charge in [0, 0.05) is 16.8 Å². The van der Waals surface area contributed by atoms with E-state index in [1.165, 1.54) is 12.3 Å². The zero-order valence-electron chi connectivity index (χ0n) is 15.9. The molecule has 8 heteroatoms. The van der Waals surface area contributed by atoms with Gasteiger partial charge in [-0.25, -0.2) is 0 Å². The maximum atomic E-state index is 12.7. The predicted octanol–water partition coefficient (Wildman–Crippen LogP) is 5.91. The summed E-state index contributed by atoms with van der Waals surface area (Å²) in [5.41, 5.74) is 0.507. The highest BCUT2D eigenvalue weighted by molar-refractivity contribution is 6.32. The molecule has 4 rings (SSSR count). The van der Waals surface area contributed by atoms with Crippen LogP contribution in [0.25, 0.3) is 11.0 Å². The first-order chi connectivity index (χ1) is 15.0. The Bertz CT molecular complexity index is 1320. The van der Waals surface area contributed by atoms with Gasteiger partial charge in [-0.3, -0.25) is 9.59 Å². The van der Waals surface area contributed by atoms with Crippen LogP contribution < -0.4 is 20.2 Å². The van der Waals surface area contributed by atoms with Crippen LogP contribution >= 0.6 is 23.2 Å². The van der Waals surface area contributed by atoms with Gasteiger partial charge in [-0.15, -0.1) is 0 Å². The van der Waals surface area contributed by atoms with Gasteiger partial charge in [0.1, 0.15) is 23.3 Å². The van der Waals surface area contributed by atoms with Crippen molar-refractivity contribution in [1.29, 1.82) is 0 Å². The molecule has 1 heterocycles. The summed E-state index contributed by atoms with van der Waals surface area (Å²) in [6.45, 7) is -0.226. The van der Waals surface area contributed by atoms with Gasteiger partial charge in [-0.1, -0.05) is 41.4 Å². The monoisotopic (exact) mass is 455 g/mol. The number of hydrogen-bond acceptors (Lipinski definition) is 5. The number of carbonyl (C=O) groups excluding carboxylic acids is 1. The first-order valence-corrected chi connectivity index (χ1v) is 9.91. The Morgan fingerprint density at radius 2 is 1.81 bits per heavy atom. The fourth-order valence-corrected chi connectivity index (χ4v) is 3.17. The summed E-state index contributed by atoms with van der Waals surface area (Å²) in [4.78, 5) is 24.8. The summed E-state index contributed by atoms with van der Waals surface area (Å²) >= 11 is 12.0. The van der Waals surface area contributed by atoms with Crippen molar-refractivity contribution in [2.75, 3.05) is 11.9 Å². The number of carbonyl (C=O) groups is 1. The van der Waals surface area contributed by atoms with Crippen LogP contribution in [-0.2, 0) is 4.79 Å². The van der Waals surface area contributed by atoms with E-state index in [-0.39, 0.29) is 23.7 Å². The molecule has 0 spiro atoms. The maximum Gasteiger partial charge on any atom is 0.262 e. The van der Waals surface area contributed by atoms with Gasteiger partial charge in [0.05, 0.1) is 10.4 Å². The minimum atomic E-state index is -0.355. The Balaban J connectivity index is 1.46. The van der Waals surface area contributed by atoms with Crippen molar-refractivity contribution >= 4 is 45.8 Å². The van der Waals surface area contributed by atoms with Gasteiger partial charge in [-0.2, -0.15) is 0 Å².